The fourth-order valence-electron chi connectivity index (χ4n) is 4.55. The molecule has 2 aliphatic heterocycles. The maximum absolute atomic E-state index is 13.1. The van der Waals surface area contributed by atoms with Crippen LogP contribution < -0.4 is 10.1 Å². The van der Waals surface area contributed by atoms with Crippen LogP contribution in [-0.2, 0) is 21.4 Å². The first-order valence-electron chi connectivity index (χ1n) is 11.5. The first-order chi connectivity index (χ1) is 16.0. The van der Waals surface area contributed by atoms with E-state index in [0.717, 1.165) is 38.2 Å². The van der Waals surface area contributed by atoms with E-state index in [0.29, 0.717) is 25.1 Å². The molecule has 0 radical (unpaired) electrons. The minimum absolute atomic E-state index is 0.0344. The topological polar surface area (TPSA) is 91.8 Å². The highest BCUT2D eigenvalue weighted by Crippen LogP contribution is 2.25. The van der Waals surface area contributed by atoms with Gasteiger partial charge >= 0.3 is 0 Å². The Morgan fingerprint density at radius 2 is 1.85 bits per heavy atom. The SMILES string of the molecule is COc1ccc(S(=O)(=O)N2CCCC(C(=O)NC3CCN(Cc4ccccn4)CC3)C2)cc1. The van der Waals surface area contributed by atoms with Gasteiger partial charge in [-0.3, -0.25) is 14.7 Å². The summed E-state index contributed by atoms with van der Waals surface area (Å²) in [7, 11) is -2.10. The number of nitrogens with zero attached hydrogens (tertiary/aromatic N) is 3. The molecule has 0 saturated carbocycles. The van der Waals surface area contributed by atoms with Gasteiger partial charge in [0.2, 0.25) is 15.9 Å². The van der Waals surface area contributed by atoms with E-state index in [4.69, 9.17) is 4.74 Å². The third kappa shape index (κ3) is 5.90. The summed E-state index contributed by atoms with van der Waals surface area (Å²) >= 11 is 0. The van der Waals surface area contributed by atoms with Crippen LogP contribution in [0.15, 0.2) is 53.6 Å². The van der Waals surface area contributed by atoms with E-state index in [1.165, 1.54) is 4.31 Å². The lowest BCUT2D eigenvalue weighted by molar-refractivity contribution is -0.127. The van der Waals surface area contributed by atoms with Crippen molar-refractivity contribution in [3.05, 3.63) is 54.4 Å². The minimum atomic E-state index is -3.64. The summed E-state index contributed by atoms with van der Waals surface area (Å²) in [4.78, 5) is 19.9. The molecule has 1 N–H and O–H groups in total. The highest BCUT2D eigenvalue weighted by atomic mass is 32.2. The van der Waals surface area contributed by atoms with Crippen LogP contribution in [0.5, 0.6) is 5.75 Å². The number of rotatable bonds is 7. The summed E-state index contributed by atoms with van der Waals surface area (Å²) in [6.07, 6.45) is 4.97. The lowest BCUT2D eigenvalue weighted by Crippen LogP contribution is -2.50. The van der Waals surface area contributed by atoms with Crippen molar-refractivity contribution < 1.29 is 17.9 Å². The molecule has 1 amide bonds. The highest BCUT2D eigenvalue weighted by Gasteiger charge is 2.34. The molecule has 1 unspecified atom stereocenters. The molecule has 2 aromatic rings. The summed E-state index contributed by atoms with van der Waals surface area (Å²) in [5.74, 6) is 0.252. The molecule has 1 atom stereocenters. The van der Waals surface area contributed by atoms with Gasteiger partial charge in [-0.15, -0.1) is 0 Å². The Balaban J connectivity index is 1.29. The smallest absolute Gasteiger partial charge is 0.243 e. The Morgan fingerprint density at radius 1 is 1.09 bits per heavy atom. The molecule has 9 heteroatoms. The summed E-state index contributed by atoms with van der Waals surface area (Å²) < 4.78 is 32.7. The van der Waals surface area contributed by atoms with Gasteiger partial charge in [-0.05, 0) is 62.1 Å². The van der Waals surface area contributed by atoms with Crippen molar-refractivity contribution in [3.63, 3.8) is 0 Å². The zero-order chi connectivity index (χ0) is 23.3. The minimum Gasteiger partial charge on any atom is -0.497 e. The monoisotopic (exact) mass is 472 g/mol. The van der Waals surface area contributed by atoms with E-state index in [1.54, 1.807) is 31.4 Å². The number of hydrogen-bond acceptors (Lipinski definition) is 6. The maximum Gasteiger partial charge on any atom is 0.243 e. The number of methoxy groups -OCH3 is 1. The number of hydrogen-bond donors (Lipinski definition) is 1. The molecule has 0 aliphatic carbocycles. The first-order valence-corrected chi connectivity index (χ1v) is 13.0. The number of nitrogens with one attached hydrogen (secondary N) is 1. The molecule has 8 nitrogen and oxygen atoms in total. The Labute approximate surface area is 196 Å². The molecule has 1 aromatic carbocycles. The number of carbonyl (C=O) groups excluding carboxylic acids is 1. The van der Waals surface area contributed by atoms with E-state index in [-0.39, 0.29) is 29.3 Å². The maximum atomic E-state index is 13.1. The van der Waals surface area contributed by atoms with Crippen molar-refractivity contribution in [2.24, 2.45) is 5.92 Å². The largest absolute Gasteiger partial charge is 0.497 e. The number of ether oxygens (including phenoxy) is 1. The molecular weight excluding hydrogens is 440 g/mol. The molecule has 3 heterocycles. The van der Waals surface area contributed by atoms with Crippen LogP contribution in [0, 0.1) is 5.92 Å². The van der Waals surface area contributed by atoms with Crippen LogP contribution in [0.4, 0.5) is 0 Å². The Hall–Kier alpha value is -2.49. The Kier molecular flexibility index (Phi) is 7.62. The van der Waals surface area contributed by atoms with Gasteiger partial charge in [0.05, 0.1) is 23.6 Å². The molecule has 1 aromatic heterocycles. The van der Waals surface area contributed by atoms with Crippen molar-refractivity contribution >= 4 is 15.9 Å². The van der Waals surface area contributed by atoms with Gasteiger partial charge in [0.1, 0.15) is 5.75 Å². The number of sulfonamides is 1. The molecule has 33 heavy (non-hydrogen) atoms. The third-order valence-electron chi connectivity index (χ3n) is 6.50. The fraction of sp³-hybridized carbons (Fsp3) is 0.500. The van der Waals surface area contributed by atoms with Crippen molar-refractivity contribution in [1.29, 1.82) is 0 Å². The molecule has 2 aliphatic rings. The van der Waals surface area contributed by atoms with E-state index >= 15 is 0 Å². The molecule has 0 spiro atoms. The fourth-order valence-corrected chi connectivity index (χ4v) is 6.07. The van der Waals surface area contributed by atoms with Gasteiger partial charge in [-0.2, -0.15) is 4.31 Å². The summed E-state index contributed by atoms with van der Waals surface area (Å²) in [5, 5.41) is 3.18. The molecular formula is C24H32N4O4S. The number of piperidine rings is 2. The third-order valence-corrected chi connectivity index (χ3v) is 8.38. The van der Waals surface area contributed by atoms with Gasteiger partial charge in [-0.25, -0.2) is 8.42 Å². The van der Waals surface area contributed by atoms with Crippen LogP contribution in [0.2, 0.25) is 0 Å². The number of aromatic nitrogens is 1. The highest BCUT2D eigenvalue weighted by molar-refractivity contribution is 7.89. The average molecular weight is 473 g/mol. The van der Waals surface area contributed by atoms with E-state index in [2.05, 4.69) is 15.2 Å². The van der Waals surface area contributed by atoms with E-state index < -0.39 is 10.0 Å². The predicted molar refractivity (Wildman–Crippen MR) is 125 cm³/mol. The van der Waals surface area contributed by atoms with Crippen LogP contribution in [0.1, 0.15) is 31.4 Å². The van der Waals surface area contributed by atoms with Gasteiger partial charge in [0, 0.05) is 45.0 Å². The molecule has 0 bridgehead atoms. The zero-order valence-electron chi connectivity index (χ0n) is 19.0. The van der Waals surface area contributed by atoms with Crippen LogP contribution in [-0.4, -0.2) is 67.8 Å². The Bertz CT molecular complexity index is 1020. The number of pyridine rings is 1. The molecule has 178 valence electrons. The predicted octanol–water partition coefficient (Wildman–Crippen LogP) is 2.27. The van der Waals surface area contributed by atoms with Crippen LogP contribution >= 0.6 is 0 Å². The van der Waals surface area contributed by atoms with Gasteiger partial charge in [0.25, 0.3) is 0 Å². The van der Waals surface area contributed by atoms with Crippen molar-refractivity contribution in [1.82, 2.24) is 19.5 Å². The standard InChI is InChI=1S/C24H32N4O4S/c1-32-22-7-9-23(10-8-22)33(30,31)28-14-4-5-19(17-28)24(29)26-20-11-15-27(16-12-20)18-21-6-2-3-13-25-21/h2-3,6-10,13,19-20H,4-5,11-12,14-18H2,1H3,(H,26,29). The van der Waals surface area contributed by atoms with Crippen LogP contribution in [0.25, 0.3) is 0 Å². The van der Waals surface area contributed by atoms with Crippen molar-refractivity contribution in [2.45, 2.75) is 43.2 Å². The first kappa shape index (κ1) is 23.7. The molecule has 2 fully saturated rings. The second kappa shape index (κ2) is 10.6. The van der Waals surface area contributed by atoms with Crippen molar-refractivity contribution in [3.8, 4) is 5.75 Å². The number of benzene rings is 1. The summed E-state index contributed by atoms with van der Waals surface area (Å²) in [5.41, 5.74) is 1.06. The Morgan fingerprint density at radius 3 is 2.52 bits per heavy atom. The lowest BCUT2D eigenvalue weighted by Gasteiger charge is -2.35. The van der Waals surface area contributed by atoms with E-state index in [1.807, 2.05) is 24.4 Å². The number of likely N-dealkylation sites (tertiary alicyclic amines) is 1. The molecule has 4 rings (SSSR count). The second-order valence-electron chi connectivity index (χ2n) is 8.76. The summed E-state index contributed by atoms with van der Waals surface area (Å²) in [6.45, 7) is 3.29. The van der Waals surface area contributed by atoms with Gasteiger partial charge in [0.15, 0.2) is 0 Å². The quantitative estimate of drug-likeness (QED) is 0.665. The second-order valence-corrected chi connectivity index (χ2v) is 10.7. The summed E-state index contributed by atoms with van der Waals surface area (Å²) in [6, 6.07) is 12.5. The zero-order valence-corrected chi connectivity index (χ0v) is 19.8. The van der Waals surface area contributed by atoms with Gasteiger partial charge < -0.3 is 10.1 Å². The number of carbonyl (C=O) groups is 1. The number of amides is 1. The molecule has 2 saturated heterocycles. The lowest BCUT2D eigenvalue weighted by atomic mass is 9.97. The van der Waals surface area contributed by atoms with Gasteiger partial charge in [-0.1, -0.05) is 6.07 Å². The van der Waals surface area contributed by atoms with Crippen molar-refractivity contribution in [2.75, 3.05) is 33.3 Å². The van der Waals surface area contributed by atoms with Crippen LogP contribution in [0.3, 0.4) is 0 Å². The normalized spacial score (nSPS) is 20.9. The van der Waals surface area contributed by atoms with E-state index in [9.17, 15) is 13.2 Å². The average Bonchev–Trinajstić information content (AvgIpc) is 2.86.